The van der Waals surface area contributed by atoms with Crippen molar-refractivity contribution in [3.63, 3.8) is 0 Å². The molecule has 0 saturated carbocycles. The van der Waals surface area contributed by atoms with E-state index in [1.54, 1.807) is 38.3 Å². The average molecular weight is 324 g/mol. The number of benzene rings is 2. The van der Waals surface area contributed by atoms with E-state index in [1.165, 1.54) is 0 Å². The van der Waals surface area contributed by atoms with E-state index in [4.69, 9.17) is 14.7 Å². The third kappa shape index (κ3) is 5.03. The monoisotopic (exact) mass is 324 g/mol. The van der Waals surface area contributed by atoms with E-state index in [1.807, 2.05) is 30.3 Å². The van der Waals surface area contributed by atoms with Crippen LogP contribution in [0.2, 0.25) is 0 Å². The molecule has 1 atom stereocenters. The zero-order chi connectivity index (χ0) is 17.4. The molecule has 2 aromatic carbocycles. The highest BCUT2D eigenvalue weighted by molar-refractivity contribution is 5.80. The van der Waals surface area contributed by atoms with Crippen molar-refractivity contribution in [1.82, 2.24) is 5.32 Å². The first-order chi connectivity index (χ1) is 11.6. The molecule has 0 spiro atoms. The van der Waals surface area contributed by atoms with Crippen molar-refractivity contribution < 1.29 is 14.3 Å². The fraction of sp³-hybridized carbons (Fsp3) is 0.263. The van der Waals surface area contributed by atoms with Gasteiger partial charge in [0.1, 0.15) is 11.5 Å². The molecule has 0 aliphatic carbocycles. The van der Waals surface area contributed by atoms with Gasteiger partial charge in [0, 0.05) is 6.54 Å². The lowest BCUT2D eigenvalue weighted by Gasteiger charge is -2.15. The summed E-state index contributed by atoms with van der Waals surface area (Å²) in [5.74, 6) is 1.13. The summed E-state index contributed by atoms with van der Waals surface area (Å²) in [7, 11) is 1.63. The lowest BCUT2D eigenvalue weighted by atomic mass is 10.1. The van der Waals surface area contributed by atoms with Crippen LogP contribution < -0.4 is 14.8 Å². The van der Waals surface area contributed by atoms with Crippen LogP contribution in [0.5, 0.6) is 11.5 Å². The predicted octanol–water partition coefficient (Wildman–Crippen LogP) is 2.69. The highest BCUT2D eigenvalue weighted by atomic mass is 16.5. The van der Waals surface area contributed by atoms with Gasteiger partial charge >= 0.3 is 0 Å². The van der Waals surface area contributed by atoms with Crippen LogP contribution >= 0.6 is 0 Å². The van der Waals surface area contributed by atoms with Gasteiger partial charge in [0.05, 0.1) is 18.7 Å². The molecule has 0 aliphatic rings. The molecule has 0 saturated heterocycles. The van der Waals surface area contributed by atoms with Crippen molar-refractivity contribution in [3.05, 3.63) is 59.7 Å². The minimum absolute atomic E-state index is 0.189. The summed E-state index contributed by atoms with van der Waals surface area (Å²) in [6.07, 6.45) is 0.0987. The van der Waals surface area contributed by atoms with Crippen LogP contribution in [0.25, 0.3) is 0 Å². The van der Waals surface area contributed by atoms with E-state index in [9.17, 15) is 4.79 Å². The predicted molar refractivity (Wildman–Crippen MR) is 91.0 cm³/mol. The van der Waals surface area contributed by atoms with E-state index in [2.05, 4.69) is 5.32 Å². The van der Waals surface area contributed by atoms with E-state index in [0.29, 0.717) is 17.9 Å². The molecule has 0 radical (unpaired) electrons. The maximum absolute atomic E-state index is 12.1. The maximum atomic E-state index is 12.1. The average Bonchev–Trinajstić information content (AvgIpc) is 2.62. The summed E-state index contributed by atoms with van der Waals surface area (Å²) in [5, 5.41) is 11.7. The first kappa shape index (κ1) is 17.4. The minimum Gasteiger partial charge on any atom is -0.497 e. The Hall–Kier alpha value is -3.00. The van der Waals surface area contributed by atoms with Crippen LogP contribution in [-0.4, -0.2) is 25.7 Å². The van der Waals surface area contributed by atoms with Crippen molar-refractivity contribution in [2.75, 3.05) is 13.7 Å². The highest BCUT2D eigenvalue weighted by Gasteiger charge is 2.14. The van der Waals surface area contributed by atoms with Crippen LogP contribution in [0.3, 0.4) is 0 Å². The summed E-state index contributed by atoms with van der Waals surface area (Å²) in [4.78, 5) is 12.1. The number of carbonyl (C=O) groups excluding carboxylic acids is 1. The van der Waals surface area contributed by atoms with Crippen molar-refractivity contribution in [3.8, 4) is 17.6 Å². The number of hydrogen-bond donors (Lipinski definition) is 1. The number of nitrogens with zero attached hydrogens (tertiary/aromatic N) is 1. The second kappa shape index (κ2) is 8.59. The van der Waals surface area contributed by atoms with Gasteiger partial charge in [-0.25, -0.2) is 0 Å². The van der Waals surface area contributed by atoms with Gasteiger partial charge in [0.2, 0.25) is 0 Å². The number of carbonyl (C=O) groups is 1. The quantitative estimate of drug-likeness (QED) is 0.850. The Morgan fingerprint density at radius 1 is 1.21 bits per heavy atom. The van der Waals surface area contributed by atoms with Crippen LogP contribution in [0.15, 0.2) is 48.5 Å². The number of methoxy groups -OCH3 is 1. The van der Waals surface area contributed by atoms with E-state index >= 15 is 0 Å². The standard InChI is InChI=1S/C19H20N2O3/c1-14(24-18-5-3-4-16(12-18)13-20)19(22)21-11-10-15-6-8-17(23-2)9-7-15/h3-9,12,14H,10-11H2,1-2H3,(H,21,22)/t14-/m0/s1. The number of nitriles is 1. The number of amides is 1. The molecule has 2 aromatic rings. The molecule has 0 aromatic heterocycles. The van der Waals surface area contributed by atoms with Crippen LogP contribution in [0.4, 0.5) is 0 Å². The van der Waals surface area contributed by atoms with Gasteiger partial charge < -0.3 is 14.8 Å². The third-order valence-electron chi connectivity index (χ3n) is 3.52. The Labute approximate surface area is 141 Å². The first-order valence-electron chi connectivity index (χ1n) is 7.70. The van der Waals surface area contributed by atoms with Gasteiger partial charge in [0.25, 0.3) is 5.91 Å². The second-order valence-corrected chi connectivity index (χ2v) is 5.29. The molecule has 24 heavy (non-hydrogen) atoms. The SMILES string of the molecule is COc1ccc(CCNC(=O)[C@H](C)Oc2cccc(C#N)c2)cc1. The Kier molecular flexibility index (Phi) is 6.21. The van der Waals surface area contributed by atoms with Gasteiger partial charge in [-0.15, -0.1) is 0 Å². The maximum Gasteiger partial charge on any atom is 0.260 e. The largest absolute Gasteiger partial charge is 0.497 e. The lowest BCUT2D eigenvalue weighted by molar-refractivity contribution is -0.127. The number of rotatable bonds is 7. The molecular formula is C19H20N2O3. The van der Waals surface area contributed by atoms with Crippen molar-refractivity contribution in [2.45, 2.75) is 19.4 Å². The summed E-state index contributed by atoms with van der Waals surface area (Å²) in [6.45, 7) is 2.21. The normalized spacial score (nSPS) is 11.2. The minimum atomic E-state index is -0.630. The molecule has 124 valence electrons. The molecule has 0 fully saturated rings. The Morgan fingerprint density at radius 3 is 2.62 bits per heavy atom. The van der Waals surface area contributed by atoms with Gasteiger partial charge in [-0.3, -0.25) is 4.79 Å². The number of ether oxygens (including phenoxy) is 2. The van der Waals surface area contributed by atoms with Crippen LogP contribution in [0, 0.1) is 11.3 Å². The molecule has 1 amide bonds. The zero-order valence-corrected chi connectivity index (χ0v) is 13.8. The fourth-order valence-electron chi connectivity index (χ4n) is 2.16. The zero-order valence-electron chi connectivity index (χ0n) is 13.8. The van der Waals surface area contributed by atoms with Crippen molar-refractivity contribution in [1.29, 1.82) is 5.26 Å². The molecule has 0 heterocycles. The van der Waals surface area contributed by atoms with E-state index in [0.717, 1.165) is 17.7 Å². The van der Waals surface area contributed by atoms with Crippen LogP contribution in [0.1, 0.15) is 18.1 Å². The van der Waals surface area contributed by atoms with Crippen LogP contribution in [-0.2, 0) is 11.2 Å². The molecule has 5 nitrogen and oxygen atoms in total. The Balaban J connectivity index is 1.79. The number of hydrogen-bond acceptors (Lipinski definition) is 4. The highest BCUT2D eigenvalue weighted by Crippen LogP contribution is 2.14. The smallest absolute Gasteiger partial charge is 0.260 e. The second-order valence-electron chi connectivity index (χ2n) is 5.29. The summed E-state index contributed by atoms with van der Waals surface area (Å²) in [5.41, 5.74) is 1.62. The molecule has 0 bridgehead atoms. The lowest BCUT2D eigenvalue weighted by Crippen LogP contribution is -2.37. The third-order valence-corrected chi connectivity index (χ3v) is 3.52. The van der Waals surface area contributed by atoms with E-state index in [-0.39, 0.29) is 5.91 Å². The summed E-state index contributed by atoms with van der Waals surface area (Å²) < 4.78 is 10.7. The van der Waals surface area contributed by atoms with Gasteiger partial charge in [-0.05, 0) is 49.2 Å². The number of nitrogens with one attached hydrogen (secondary N) is 1. The molecule has 0 unspecified atom stereocenters. The van der Waals surface area contributed by atoms with Gasteiger partial charge in [0.15, 0.2) is 6.10 Å². The van der Waals surface area contributed by atoms with Gasteiger partial charge in [-0.2, -0.15) is 5.26 Å². The molecule has 0 aliphatic heterocycles. The molecular weight excluding hydrogens is 304 g/mol. The molecule has 2 rings (SSSR count). The molecule has 1 N–H and O–H groups in total. The summed E-state index contributed by atoms with van der Waals surface area (Å²) >= 11 is 0. The van der Waals surface area contributed by atoms with Gasteiger partial charge in [-0.1, -0.05) is 18.2 Å². The Morgan fingerprint density at radius 2 is 1.96 bits per heavy atom. The first-order valence-corrected chi connectivity index (χ1v) is 7.70. The molecule has 5 heteroatoms. The Bertz CT molecular complexity index is 720. The van der Waals surface area contributed by atoms with Crippen molar-refractivity contribution in [2.24, 2.45) is 0 Å². The van der Waals surface area contributed by atoms with Crippen molar-refractivity contribution >= 4 is 5.91 Å². The topological polar surface area (TPSA) is 71.3 Å². The fourth-order valence-corrected chi connectivity index (χ4v) is 2.16. The summed E-state index contributed by atoms with van der Waals surface area (Å²) in [6, 6.07) is 16.5. The van der Waals surface area contributed by atoms with E-state index < -0.39 is 6.10 Å².